The minimum absolute atomic E-state index is 0.182. The zero-order chi connectivity index (χ0) is 20.4. The van der Waals surface area contributed by atoms with Crippen LogP contribution in [0.15, 0.2) is 17.6 Å². The zero-order valence-electron chi connectivity index (χ0n) is 13.7. The van der Waals surface area contributed by atoms with Gasteiger partial charge in [-0.2, -0.15) is 13.2 Å². The molecule has 1 aliphatic rings. The van der Waals surface area contributed by atoms with Crippen molar-refractivity contribution in [3.8, 4) is 0 Å². The van der Waals surface area contributed by atoms with Gasteiger partial charge in [-0.05, 0) is 23.4 Å². The lowest BCUT2D eigenvalue weighted by atomic mass is 10.1. The van der Waals surface area contributed by atoms with Gasteiger partial charge in [0.1, 0.15) is 11.7 Å². The van der Waals surface area contributed by atoms with E-state index in [-0.39, 0.29) is 5.91 Å². The van der Waals surface area contributed by atoms with Gasteiger partial charge in [-0.1, -0.05) is 0 Å². The third kappa shape index (κ3) is 4.64. The molecule has 3 rings (SSSR count). The van der Waals surface area contributed by atoms with Crippen LogP contribution in [-0.2, 0) is 20.9 Å². The molecule has 1 unspecified atom stereocenters. The molecule has 3 heterocycles. The molecule has 0 radical (unpaired) electrons. The Morgan fingerprint density at radius 1 is 1.41 bits per heavy atom. The normalized spacial score (nSPS) is 16.9. The predicted molar refractivity (Wildman–Crippen MR) is 90.4 cm³/mol. The number of aromatic nitrogens is 1. The maximum atomic E-state index is 12.1. The van der Waals surface area contributed by atoms with E-state index in [9.17, 15) is 22.8 Å². The first-order valence-electron chi connectivity index (χ1n) is 7.51. The summed E-state index contributed by atoms with van der Waals surface area (Å²) in [6.45, 7) is 1.04. The second-order valence-electron chi connectivity index (χ2n) is 5.64. The van der Waals surface area contributed by atoms with Crippen molar-refractivity contribution in [1.82, 2.24) is 9.88 Å². The number of thiophene rings is 1. The summed E-state index contributed by atoms with van der Waals surface area (Å²) in [5.74, 6) is -3.65. The average Bonchev–Trinajstić information content (AvgIpc) is 3.13. The maximum absolute atomic E-state index is 12.1. The number of halogens is 3. The number of anilines is 1. The van der Waals surface area contributed by atoms with Crippen LogP contribution >= 0.6 is 11.3 Å². The van der Waals surface area contributed by atoms with E-state index in [0.29, 0.717) is 25.3 Å². The average molecular weight is 404 g/mol. The Kier molecular flexibility index (Phi) is 5.88. The highest BCUT2D eigenvalue weighted by Crippen LogP contribution is 2.31. The lowest BCUT2D eigenvalue weighted by Crippen LogP contribution is -2.33. The van der Waals surface area contributed by atoms with E-state index in [4.69, 9.17) is 21.4 Å². The van der Waals surface area contributed by atoms with Crippen LogP contribution in [0.1, 0.15) is 12.0 Å². The Labute approximate surface area is 154 Å². The van der Waals surface area contributed by atoms with E-state index in [1.165, 1.54) is 11.3 Å². The summed E-state index contributed by atoms with van der Waals surface area (Å²) in [4.78, 5) is 37.9. The molecular weight excluding hydrogens is 389 g/mol. The number of carbonyl (C=O) groups excluding carboxylic acids is 2. The number of pyridine rings is 1. The van der Waals surface area contributed by atoms with Gasteiger partial charge < -0.3 is 21.5 Å². The third-order valence-electron chi connectivity index (χ3n) is 3.84. The minimum atomic E-state index is -5.08. The van der Waals surface area contributed by atoms with E-state index < -0.39 is 24.0 Å². The first kappa shape index (κ1) is 20.4. The van der Waals surface area contributed by atoms with Crippen molar-refractivity contribution >= 4 is 45.0 Å². The van der Waals surface area contributed by atoms with Crippen molar-refractivity contribution < 1.29 is 32.7 Å². The molecule has 0 aromatic carbocycles. The van der Waals surface area contributed by atoms with E-state index >= 15 is 0 Å². The van der Waals surface area contributed by atoms with Crippen LogP contribution in [-0.4, -0.2) is 45.5 Å². The number of fused-ring (bicyclic) bond motifs is 1. The van der Waals surface area contributed by atoms with E-state index in [2.05, 4.69) is 4.98 Å². The van der Waals surface area contributed by atoms with Crippen LogP contribution in [0.2, 0.25) is 0 Å². The van der Waals surface area contributed by atoms with Gasteiger partial charge in [-0.15, -0.1) is 11.3 Å². The molecule has 146 valence electrons. The first-order valence-corrected chi connectivity index (χ1v) is 8.39. The standard InChI is InChI=1S/C13H14N4O2S.C2HF3O2/c14-11-10-8(1-3-16-11)7(6-20-10)5-17-4-2-9(12(15)18)13(17)19;3-2(4,5)1(6)7/h1,3,6,9H,2,4-5H2,(H2,14,16)(H2,15,18);(H,6,7). The molecule has 1 aliphatic heterocycles. The van der Waals surface area contributed by atoms with Gasteiger partial charge in [0, 0.05) is 24.7 Å². The molecular formula is C15H15F3N4O4S. The van der Waals surface area contributed by atoms with Crippen LogP contribution in [0.3, 0.4) is 0 Å². The molecule has 0 aliphatic carbocycles. The van der Waals surface area contributed by atoms with Crippen molar-refractivity contribution in [3.63, 3.8) is 0 Å². The fourth-order valence-electron chi connectivity index (χ4n) is 2.52. The Morgan fingerprint density at radius 3 is 2.56 bits per heavy atom. The van der Waals surface area contributed by atoms with E-state index in [1.54, 1.807) is 11.1 Å². The molecule has 1 fully saturated rings. The molecule has 1 atom stereocenters. The summed E-state index contributed by atoms with van der Waals surface area (Å²) in [7, 11) is 0. The van der Waals surface area contributed by atoms with Crippen LogP contribution in [0.4, 0.5) is 19.0 Å². The number of carbonyl (C=O) groups is 3. The van der Waals surface area contributed by atoms with Crippen molar-refractivity contribution in [2.24, 2.45) is 11.7 Å². The molecule has 0 spiro atoms. The maximum Gasteiger partial charge on any atom is 0.490 e. The van der Waals surface area contributed by atoms with E-state index in [1.807, 2.05) is 11.4 Å². The number of carboxylic acid groups (broad SMARTS) is 1. The summed E-state index contributed by atoms with van der Waals surface area (Å²) in [5.41, 5.74) is 12.1. The summed E-state index contributed by atoms with van der Waals surface area (Å²) in [6.07, 6.45) is -2.92. The molecule has 2 amide bonds. The molecule has 0 saturated carbocycles. The first-order chi connectivity index (χ1) is 12.5. The van der Waals surface area contributed by atoms with Crippen molar-refractivity contribution in [2.75, 3.05) is 12.3 Å². The second kappa shape index (κ2) is 7.78. The smallest absolute Gasteiger partial charge is 0.475 e. The molecule has 0 bridgehead atoms. The Hall–Kier alpha value is -2.89. The number of likely N-dealkylation sites (tertiary alicyclic amines) is 1. The lowest BCUT2D eigenvalue weighted by molar-refractivity contribution is -0.192. The number of amides is 2. The Balaban J connectivity index is 0.000000321. The minimum Gasteiger partial charge on any atom is -0.475 e. The highest BCUT2D eigenvalue weighted by atomic mass is 32.1. The highest BCUT2D eigenvalue weighted by molar-refractivity contribution is 7.18. The Morgan fingerprint density at radius 2 is 2.04 bits per heavy atom. The largest absolute Gasteiger partial charge is 0.490 e. The van der Waals surface area contributed by atoms with Crippen LogP contribution < -0.4 is 11.5 Å². The summed E-state index contributed by atoms with van der Waals surface area (Å²) < 4.78 is 32.7. The SMILES string of the molecule is NC(=O)C1CCN(Cc2csc3c(N)nccc23)C1=O.O=C(O)C(F)(F)F. The van der Waals surface area contributed by atoms with Gasteiger partial charge in [-0.25, -0.2) is 9.78 Å². The number of primary amides is 1. The number of nitrogen functional groups attached to an aromatic ring is 1. The summed E-state index contributed by atoms with van der Waals surface area (Å²) in [5, 5.41) is 10.1. The van der Waals surface area contributed by atoms with Crippen molar-refractivity contribution in [1.29, 1.82) is 0 Å². The summed E-state index contributed by atoms with van der Waals surface area (Å²) in [6, 6.07) is 1.89. The zero-order valence-corrected chi connectivity index (χ0v) is 14.5. The number of nitrogens with zero attached hydrogens (tertiary/aromatic N) is 2. The Bertz CT molecular complexity index is 884. The molecule has 2 aromatic heterocycles. The number of hydrogen-bond donors (Lipinski definition) is 3. The fraction of sp³-hybridized carbons (Fsp3) is 0.333. The third-order valence-corrected chi connectivity index (χ3v) is 4.91. The van der Waals surface area contributed by atoms with Gasteiger partial charge in [0.05, 0.1) is 4.70 Å². The predicted octanol–water partition coefficient (Wildman–Crippen LogP) is 1.35. The monoisotopic (exact) mass is 404 g/mol. The van der Waals surface area contributed by atoms with Crippen LogP contribution in [0, 0.1) is 5.92 Å². The van der Waals surface area contributed by atoms with Gasteiger partial charge >= 0.3 is 12.1 Å². The molecule has 12 heteroatoms. The van der Waals surface area contributed by atoms with Crippen molar-refractivity contribution in [3.05, 3.63) is 23.2 Å². The van der Waals surface area contributed by atoms with Crippen molar-refractivity contribution in [2.45, 2.75) is 19.1 Å². The van der Waals surface area contributed by atoms with Gasteiger partial charge in [0.15, 0.2) is 0 Å². The number of nitrogens with two attached hydrogens (primary N) is 2. The van der Waals surface area contributed by atoms with Gasteiger partial charge in [-0.3, -0.25) is 9.59 Å². The molecule has 1 saturated heterocycles. The second-order valence-corrected chi connectivity index (χ2v) is 6.52. The molecule has 27 heavy (non-hydrogen) atoms. The number of alkyl halides is 3. The number of aliphatic carboxylic acids is 1. The lowest BCUT2D eigenvalue weighted by Gasteiger charge is -2.15. The summed E-state index contributed by atoms with van der Waals surface area (Å²) >= 11 is 1.52. The van der Waals surface area contributed by atoms with Crippen LogP contribution in [0.5, 0.6) is 0 Å². The molecule has 8 nitrogen and oxygen atoms in total. The molecule has 5 N–H and O–H groups in total. The topological polar surface area (TPSA) is 140 Å². The fourth-order valence-corrected chi connectivity index (χ4v) is 3.48. The number of rotatable bonds is 3. The number of carboxylic acids is 1. The quantitative estimate of drug-likeness (QED) is 0.660. The van der Waals surface area contributed by atoms with E-state index in [0.717, 1.165) is 15.6 Å². The van der Waals surface area contributed by atoms with Gasteiger partial charge in [0.2, 0.25) is 11.8 Å². The number of hydrogen-bond acceptors (Lipinski definition) is 6. The molecule has 2 aromatic rings. The van der Waals surface area contributed by atoms with Crippen LogP contribution in [0.25, 0.3) is 10.1 Å². The van der Waals surface area contributed by atoms with Gasteiger partial charge in [0.25, 0.3) is 0 Å². The highest BCUT2D eigenvalue weighted by Gasteiger charge is 2.38.